The van der Waals surface area contributed by atoms with Crippen LogP contribution >= 0.6 is 0 Å². The van der Waals surface area contributed by atoms with Crippen LogP contribution in [0.25, 0.3) is 0 Å². The van der Waals surface area contributed by atoms with E-state index in [1.807, 2.05) is 24.1 Å². The number of piperidine rings is 1. The minimum Gasteiger partial charge on any atom is -0.494 e. The third kappa shape index (κ3) is 5.64. The highest BCUT2D eigenvalue weighted by molar-refractivity contribution is 5.94. The van der Waals surface area contributed by atoms with Gasteiger partial charge in [0, 0.05) is 25.1 Å². The molecule has 24 heavy (non-hydrogen) atoms. The van der Waals surface area contributed by atoms with Gasteiger partial charge in [0.05, 0.1) is 6.61 Å². The summed E-state index contributed by atoms with van der Waals surface area (Å²) in [4.78, 5) is 25.5. The van der Waals surface area contributed by atoms with Gasteiger partial charge in [-0.1, -0.05) is 12.1 Å². The Morgan fingerprint density at radius 2 is 2.04 bits per heavy atom. The first-order valence-corrected chi connectivity index (χ1v) is 8.76. The fourth-order valence-electron chi connectivity index (χ4n) is 3.05. The molecule has 1 N–H and O–H groups in total. The molecule has 2 rings (SSSR count). The highest BCUT2D eigenvalue weighted by Gasteiger charge is 2.21. The van der Waals surface area contributed by atoms with Crippen LogP contribution in [0.4, 0.5) is 0 Å². The molecular formula is C19H28N2O3. The molecule has 0 saturated carbocycles. The van der Waals surface area contributed by atoms with Crippen LogP contribution in [0.5, 0.6) is 5.75 Å². The molecule has 0 aliphatic carbocycles. The third-order valence-corrected chi connectivity index (χ3v) is 4.50. The average molecular weight is 332 g/mol. The summed E-state index contributed by atoms with van der Waals surface area (Å²) in [5.41, 5.74) is 0.646. The van der Waals surface area contributed by atoms with Crippen molar-refractivity contribution in [3.63, 3.8) is 0 Å². The lowest BCUT2D eigenvalue weighted by molar-refractivity contribution is -0.132. The second-order valence-corrected chi connectivity index (χ2v) is 6.42. The number of hydrogen-bond donors (Lipinski definition) is 1. The number of carbonyl (C=O) groups is 2. The predicted molar refractivity (Wildman–Crippen MR) is 94.4 cm³/mol. The fraction of sp³-hybridized carbons (Fsp3) is 0.579. The van der Waals surface area contributed by atoms with Gasteiger partial charge in [-0.25, -0.2) is 0 Å². The van der Waals surface area contributed by atoms with Gasteiger partial charge in [-0.3, -0.25) is 9.59 Å². The molecule has 1 fully saturated rings. The summed E-state index contributed by atoms with van der Waals surface area (Å²) in [6, 6.07) is 7.17. The van der Waals surface area contributed by atoms with Gasteiger partial charge in [0.15, 0.2) is 5.78 Å². The summed E-state index contributed by atoms with van der Waals surface area (Å²) in [5.74, 6) is 1.62. The third-order valence-electron chi connectivity index (χ3n) is 4.50. The number of carbonyl (C=O) groups excluding carboxylic acids is 2. The van der Waals surface area contributed by atoms with Gasteiger partial charge in [-0.15, -0.1) is 0 Å². The summed E-state index contributed by atoms with van der Waals surface area (Å²) >= 11 is 0. The normalized spacial score (nSPS) is 15.3. The Morgan fingerprint density at radius 3 is 2.71 bits per heavy atom. The summed E-state index contributed by atoms with van der Waals surface area (Å²) in [6.45, 7) is 4.80. The van der Waals surface area contributed by atoms with Crippen molar-refractivity contribution in [3.05, 3.63) is 29.8 Å². The van der Waals surface area contributed by atoms with Crippen LogP contribution in [-0.2, 0) is 4.79 Å². The van der Waals surface area contributed by atoms with Crippen LogP contribution in [0, 0.1) is 5.92 Å². The molecule has 0 spiro atoms. The van der Waals surface area contributed by atoms with E-state index in [2.05, 4.69) is 5.32 Å². The second-order valence-electron chi connectivity index (χ2n) is 6.42. The zero-order valence-corrected chi connectivity index (χ0v) is 14.7. The lowest BCUT2D eigenvalue weighted by Crippen LogP contribution is -2.40. The van der Waals surface area contributed by atoms with Gasteiger partial charge in [0.2, 0.25) is 5.91 Å². The van der Waals surface area contributed by atoms with E-state index in [4.69, 9.17) is 4.74 Å². The number of rotatable bonds is 8. The van der Waals surface area contributed by atoms with E-state index in [9.17, 15) is 9.59 Å². The van der Waals surface area contributed by atoms with E-state index < -0.39 is 0 Å². The number of ketones is 1. The number of hydrogen-bond acceptors (Lipinski definition) is 4. The number of Topliss-reactive ketones (excluding diaryl/α,β-unsaturated/α-hetero) is 1. The van der Waals surface area contributed by atoms with Crippen LogP contribution in [0.2, 0.25) is 0 Å². The molecule has 0 bridgehead atoms. The lowest BCUT2D eigenvalue weighted by atomic mass is 9.96. The highest BCUT2D eigenvalue weighted by Crippen LogP contribution is 2.18. The van der Waals surface area contributed by atoms with Crippen LogP contribution in [0.1, 0.15) is 43.0 Å². The van der Waals surface area contributed by atoms with Gasteiger partial charge in [-0.2, -0.15) is 0 Å². The number of nitrogens with zero attached hydrogens (tertiary/aromatic N) is 1. The number of benzene rings is 1. The SMILES string of the molecule is CNCC1CCN(C(=O)CCCOc2cccc(C(C)=O)c2)CC1. The first-order valence-electron chi connectivity index (χ1n) is 8.76. The van der Waals surface area contributed by atoms with Crippen LogP contribution < -0.4 is 10.1 Å². The topological polar surface area (TPSA) is 58.6 Å². The second kappa shape index (κ2) is 9.42. The molecule has 1 aliphatic heterocycles. The zero-order valence-electron chi connectivity index (χ0n) is 14.7. The number of ether oxygens (including phenoxy) is 1. The lowest BCUT2D eigenvalue weighted by Gasteiger charge is -2.32. The molecule has 0 unspecified atom stereocenters. The number of likely N-dealkylation sites (tertiary alicyclic amines) is 1. The van der Waals surface area contributed by atoms with E-state index in [1.165, 1.54) is 6.92 Å². The minimum absolute atomic E-state index is 0.0253. The highest BCUT2D eigenvalue weighted by atomic mass is 16.5. The monoisotopic (exact) mass is 332 g/mol. The van der Waals surface area contributed by atoms with Crippen molar-refractivity contribution in [1.82, 2.24) is 10.2 Å². The largest absolute Gasteiger partial charge is 0.494 e. The number of nitrogens with one attached hydrogen (secondary N) is 1. The maximum Gasteiger partial charge on any atom is 0.222 e. The van der Waals surface area contributed by atoms with E-state index in [-0.39, 0.29) is 11.7 Å². The van der Waals surface area contributed by atoms with Gasteiger partial charge in [0.25, 0.3) is 0 Å². The molecule has 1 aliphatic rings. The Kier molecular flexibility index (Phi) is 7.25. The first-order chi connectivity index (χ1) is 11.6. The van der Waals surface area contributed by atoms with Crippen molar-refractivity contribution < 1.29 is 14.3 Å². The van der Waals surface area contributed by atoms with Crippen molar-refractivity contribution in [2.24, 2.45) is 5.92 Å². The van der Waals surface area contributed by atoms with Crippen LogP contribution in [-0.4, -0.2) is 49.9 Å². The number of amides is 1. The maximum absolute atomic E-state index is 12.2. The maximum atomic E-state index is 12.2. The molecule has 0 aromatic heterocycles. The molecular weight excluding hydrogens is 304 g/mol. The Labute approximate surface area is 144 Å². The van der Waals surface area contributed by atoms with Crippen LogP contribution in [0.15, 0.2) is 24.3 Å². The quantitative estimate of drug-likeness (QED) is 0.587. The molecule has 1 aromatic rings. The average Bonchev–Trinajstić information content (AvgIpc) is 2.60. The van der Waals surface area contributed by atoms with E-state index >= 15 is 0 Å². The predicted octanol–water partition coefficient (Wildman–Crippen LogP) is 2.51. The fourth-order valence-corrected chi connectivity index (χ4v) is 3.05. The van der Waals surface area contributed by atoms with E-state index in [0.29, 0.717) is 36.7 Å². The smallest absolute Gasteiger partial charge is 0.222 e. The Balaban J connectivity index is 1.66. The molecule has 1 aromatic carbocycles. The molecule has 5 heteroatoms. The summed E-state index contributed by atoms with van der Waals surface area (Å²) in [6.07, 6.45) is 3.38. The van der Waals surface area contributed by atoms with Gasteiger partial charge in [-0.05, 0) is 57.8 Å². The molecule has 0 radical (unpaired) electrons. The standard InChI is InChI=1S/C19H28N2O3/c1-15(22)17-5-3-6-18(13-17)24-12-4-7-19(23)21-10-8-16(9-11-21)14-20-2/h3,5-6,13,16,20H,4,7-12,14H2,1-2H3. The Hall–Kier alpha value is -1.88. The summed E-state index contributed by atoms with van der Waals surface area (Å²) in [7, 11) is 1.98. The molecule has 5 nitrogen and oxygen atoms in total. The van der Waals surface area contributed by atoms with Crippen LogP contribution in [0.3, 0.4) is 0 Å². The van der Waals surface area contributed by atoms with Gasteiger partial charge >= 0.3 is 0 Å². The molecule has 1 saturated heterocycles. The first kappa shape index (κ1) is 18.5. The van der Waals surface area contributed by atoms with Crippen molar-refractivity contribution >= 4 is 11.7 Å². The van der Waals surface area contributed by atoms with Gasteiger partial charge in [0.1, 0.15) is 5.75 Å². The summed E-state index contributed by atoms with van der Waals surface area (Å²) < 4.78 is 5.65. The molecule has 132 valence electrons. The zero-order chi connectivity index (χ0) is 17.4. The van der Waals surface area contributed by atoms with Gasteiger partial charge < -0.3 is 15.0 Å². The minimum atomic E-state index is 0.0253. The van der Waals surface area contributed by atoms with Crippen molar-refractivity contribution in [2.45, 2.75) is 32.6 Å². The van der Waals surface area contributed by atoms with E-state index in [0.717, 1.165) is 32.5 Å². The summed E-state index contributed by atoms with van der Waals surface area (Å²) in [5, 5.41) is 3.21. The van der Waals surface area contributed by atoms with Crippen molar-refractivity contribution in [1.29, 1.82) is 0 Å². The van der Waals surface area contributed by atoms with Crippen molar-refractivity contribution in [3.8, 4) is 5.75 Å². The molecule has 1 amide bonds. The Morgan fingerprint density at radius 1 is 1.29 bits per heavy atom. The van der Waals surface area contributed by atoms with Crippen molar-refractivity contribution in [2.75, 3.05) is 33.3 Å². The Bertz CT molecular complexity index is 551. The van der Waals surface area contributed by atoms with E-state index in [1.54, 1.807) is 12.1 Å². The molecule has 1 heterocycles. The molecule has 0 atom stereocenters.